The van der Waals surface area contributed by atoms with Crippen LogP contribution in [-0.4, -0.2) is 46.8 Å². The van der Waals surface area contributed by atoms with Gasteiger partial charge in [0.2, 0.25) is 0 Å². The number of nitrogens with zero attached hydrogens (tertiary/aromatic N) is 3. The lowest BCUT2D eigenvalue weighted by Crippen LogP contribution is -2.49. The number of nitrogens with one attached hydrogen (secondary N) is 1. The van der Waals surface area contributed by atoms with E-state index in [9.17, 15) is 0 Å². The minimum absolute atomic E-state index is 0.0868. The molecule has 1 saturated heterocycles. The maximum absolute atomic E-state index is 6.14. The summed E-state index contributed by atoms with van der Waals surface area (Å²) in [5, 5.41) is 3.59. The molecule has 0 spiro atoms. The van der Waals surface area contributed by atoms with Crippen LogP contribution >= 0.6 is 0 Å². The van der Waals surface area contributed by atoms with Crippen molar-refractivity contribution in [1.82, 2.24) is 19.8 Å². The van der Waals surface area contributed by atoms with Gasteiger partial charge in [-0.15, -0.1) is 0 Å². The topological polar surface area (TPSA) is 55.5 Å². The van der Waals surface area contributed by atoms with E-state index in [2.05, 4.69) is 46.6 Å². The van der Waals surface area contributed by atoms with Crippen LogP contribution in [0.5, 0.6) is 0 Å². The fourth-order valence-corrected chi connectivity index (χ4v) is 3.55. The van der Waals surface area contributed by atoms with Gasteiger partial charge in [-0.3, -0.25) is 4.90 Å². The molecule has 1 N–H and O–H groups in total. The zero-order chi connectivity index (χ0) is 18.0. The lowest BCUT2D eigenvalue weighted by Gasteiger charge is -2.41. The highest BCUT2D eigenvalue weighted by atomic mass is 16.5. The van der Waals surface area contributed by atoms with Crippen LogP contribution in [0, 0.1) is 13.8 Å². The van der Waals surface area contributed by atoms with E-state index >= 15 is 0 Å². The molecule has 0 bridgehead atoms. The normalized spacial score (nSPS) is 23.1. The number of furan rings is 1. The quantitative estimate of drug-likeness (QED) is 0.872. The van der Waals surface area contributed by atoms with Gasteiger partial charge in [0.15, 0.2) is 0 Å². The minimum Gasteiger partial charge on any atom is -0.464 e. The van der Waals surface area contributed by atoms with Crippen molar-refractivity contribution >= 4 is 0 Å². The largest absolute Gasteiger partial charge is 0.464 e. The zero-order valence-corrected chi connectivity index (χ0v) is 16.0. The first kappa shape index (κ1) is 18.2. The molecular formula is C19H30N4O2. The molecule has 3 atom stereocenters. The van der Waals surface area contributed by atoms with Crippen LogP contribution in [0.15, 0.2) is 23.0 Å². The van der Waals surface area contributed by atoms with E-state index in [1.807, 2.05) is 26.5 Å². The Hall–Kier alpha value is -1.63. The number of rotatable bonds is 6. The van der Waals surface area contributed by atoms with Gasteiger partial charge in [0.05, 0.1) is 36.8 Å². The van der Waals surface area contributed by atoms with Gasteiger partial charge in [-0.05, 0) is 38.9 Å². The maximum atomic E-state index is 6.14. The Labute approximate surface area is 150 Å². The van der Waals surface area contributed by atoms with Gasteiger partial charge in [0.1, 0.15) is 11.5 Å². The van der Waals surface area contributed by atoms with Crippen LogP contribution < -0.4 is 5.32 Å². The number of morpholine rings is 1. The molecule has 0 saturated carbocycles. The molecule has 2 aromatic heterocycles. The Morgan fingerprint density at radius 3 is 2.80 bits per heavy atom. The summed E-state index contributed by atoms with van der Waals surface area (Å²) in [7, 11) is 2.05. The summed E-state index contributed by atoms with van der Waals surface area (Å²) < 4.78 is 14.1. The number of likely N-dealkylation sites (N-methyl/N-ethyl adjacent to an activating group) is 1. The Morgan fingerprint density at radius 2 is 2.20 bits per heavy atom. The van der Waals surface area contributed by atoms with Crippen molar-refractivity contribution < 1.29 is 9.15 Å². The summed E-state index contributed by atoms with van der Waals surface area (Å²) in [6, 6.07) is 2.48. The average molecular weight is 346 g/mol. The maximum Gasteiger partial charge on any atom is 0.121 e. The second kappa shape index (κ2) is 7.72. The first-order valence-corrected chi connectivity index (χ1v) is 9.13. The van der Waals surface area contributed by atoms with Crippen molar-refractivity contribution in [3.05, 3.63) is 41.4 Å². The van der Waals surface area contributed by atoms with Crippen molar-refractivity contribution in [1.29, 1.82) is 0 Å². The van der Waals surface area contributed by atoms with Gasteiger partial charge in [-0.2, -0.15) is 0 Å². The molecule has 1 aliphatic rings. The molecule has 0 amide bonds. The third-order valence-electron chi connectivity index (χ3n) is 5.26. The van der Waals surface area contributed by atoms with Crippen molar-refractivity contribution in [2.75, 3.05) is 26.2 Å². The highest BCUT2D eigenvalue weighted by molar-refractivity contribution is 5.20. The molecule has 138 valence electrons. The summed E-state index contributed by atoms with van der Waals surface area (Å²) in [6.07, 6.45) is 3.90. The van der Waals surface area contributed by atoms with Crippen molar-refractivity contribution in [3.8, 4) is 0 Å². The summed E-state index contributed by atoms with van der Waals surface area (Å²) in [6.45, 7) is 11.9. The van der Waals surface area contributed by atoms with Gasteiger partial charge in [-0.25, -0.2) is 4.98 Å². The highest BCUT2D eigenvalue weighted by Crippen LogP contribution is 2.29. The molecule has 1 fully saturated rings. The summed E-state index contributed by atoms with van der Waals surface area (Å²) in [5.74, 6) is 1.97. The van der Waals surface area contributed by atoms with Crippen LogP contribution in [0.4, 0.5) is 0 Å². The number of hydrogen-bond donors (Lipinski definition) is 1. The third kappa shape index (κ3) is 3.81. The third-order valence-corrected chi connectivity index (χ3v) is 5.26. The smallest absolute Gasteiger partial charge is 0.121 e. The van der Waals surface area contributed by atoms with Crippen molar-refractivity contribution in [3.63, 3.8) is 0 Å². The molecule has 25 heavy (non-hydrogen) atoms. The summed E-state index contributed by atoms with van der Waals surface area (Å²) in [4.78, 5) is 6.77. The van der Waals surface area contributed by atoms with Gasteiger partial charge >= 0.3 is 0 Å². The molecule has 6 nitrogen and oxygen atoms in total. The predicted molar refractivity (Wildman–Crippen MR) is 97.5 cm³/mol. The van der Waals surface area contributed by atoms with E-state index in [0.29, 0.717) is 0 Å². The first-order valence-electron chi connectivity index (χ1n) is 9.13. The standard InChI is InChI=1S/C19H30N4O2/c1-6-23-7-8-24-18(19(23)16-10-20-12-22(16)5)11-21-14(3)17-9-13(2)15(4)25-17/h9-10,12,14,18-19,21H,6-8,11H2,1-5H3/t14?,18-,19-/m0/s1. The number of aromatic nitrogens is 2. The zero-order valence-electron chi connectivity index (χ0n) is 16.0. The molecule has 2 aromatic rings. The van der Waals surface area contributed by atoms with Crippen LogP contribution in [0.2, 0.25) is 0 Å². The number of hydrogen-bond acceptors (Lipinski definition) is 5. The van der Waals surface area contributed by atoms with Gasteiger partial charge in [0.25, 0.3) is 0 Å². The summed E-state index contributed by atoms with van der Waals surface area (Å²) in [5.41, 5.74) is 2.40. The number of ether oxygens (including phenoxy) is 1. The average Bonchev–Trinajstić information content (AvgIpc) is 3.18. The van der Waals surface area contributed by atoms with Crippen LogP contribution in [-0.2, 0) is 11.8 Å². The molecule has 3 rings (SSSR count). The summed E-state index contributed by atoms with van der Waals surface area (Å²) >= 11 is 0. The Morgan fingerprint density at radius 1 is 1.40 bits per heavy atom. The Balaban J connectivity index is 1.71. The highest BCUT2D eigenvalue weighted by Gasteiger charge is 2.34. The van der Waals surface area contributed by atoms with Gasteiger partial charge < -0.3 is 19.0 Å². The lowest BCUT2D eigenvalue weighted by atomic mass is 10.0. The van der Waals surface area contributed by atoms with Crippen LogP contribution in [0.25, 0.3) is 0 Å². The molecule has 1 unspecified atom stereocenters. The van der Waals surface area contributed by atoms with Gasteiger partial charge in [0, 0.05) is 26.3 Å². The van der Waals surface area contributed by atoms with Crippen LogP contribution in [0.3, 0.4) is 0 Å². The van der Waals surface area contributed by atoms with E-state index in [1.165, 1.54) is 11.3 Å². The van der Waals surface area contributed by atoms with E-state index in [-0.39, 0.29) is 18.2 Å². The Bertz CT molecular complexity index is 674. The SMILES string of the molecule is CCN1CCO[C@@H](CNC(C)c2cc(C)c(C)o2)[C@@H]1c1cncn1C. The Kier molecular flexibility index (Phi) is 5.61. The second-order valence-corrected chi connectivity index (χ2v) is 6.93. The molecule has 6 heteroatoms. The molecule has 0 aliphatic carbocycles. The van der Waals surface area contributed by atoms with Crippen molar-refractivity contribution in [2.24, 2.45) is 7.05 Å². The van der Waals surface area contributed by atoms with Crippen LogP contribution in [0.1, 0.15) is 48.7 Å². The second-order valence-electron chi connectivity index (χ2n) is 6.93. The van der Waals surface area contributed by atoms with E-state index in [1.54, 1.807) is 0 Å². The van der Waals surface area contributed by atoms with Gasteiger partial charge in [-0.1, -0.05) is 6.92 Å². The lowest BCUT2D eigenvalue weighted by molar-refractivity contribution is -0.0724. The predicted octanol–water partition coefficient (Wildman–Crippen LogP) is 2.74. The van der Waals surface area contributed by atoms with E-state index in [0.717, 1.165) is 37.8 Å². The molecule has 0 radical (unpaired) electrons. The fourth-order valence-electron chi connectivity index (χ4n) is 3.55. The van der Waals surface area contributed by atoms with E-state index < -0.39 is 0 Å². The number of aryl methyl sites for hydroxylation is 3. The molecular weight excluding hydrogens is 316 g/mol. The molecule has 0 aromatic carbocycles. The number of imidazole rings is 1. The molecule has 1 aliphatic heterocycles. The molecule has 3 heterocycles. The van der Waals surface area contributed by atoms with E-state index in [4.69, 9.17) is 9.15 Å². The minimum atomic E-state index is 0.0868. The van der Waals surface area contributed by atoms with Crippen molar-refractivity contribution in [2.45, 2.75) is 45.9 Å². The first-order chi connectivity index (χ1) is 12.0. The fraction of sp³-hybridized carbons (Fsp3) is 0.632. The monoisotopic (exact) mass is 346 g/mol.